The van der Waals surface area contributed by atoms with Crippen LogP contribution in [-0.4, -0.2) is 46.7 Å². The Labute approximate surface area is 126 Å². The van der Waals surface area contributed by atoms with Crippen molar-refractivity contribution < 1.29 is 14.2 Å². The lowest BCUT2D eigenvalue weighted by Crippen LogP contribution is -2.24. The SMILES string of the molecule is COCCOCCOCCNC(C)c1ccc(Cl)cc1. The lowest BCUT2D eigenvalue weighted by molar-refractivity contribution is 0.0253. The molecule has 0 bridgehead atoms. The van der Waals surface area contributed by atoms with Crippen molar-refractivity contribution in [1.29, 1.82) is 0 Å². The predicted molar refractivity (Wildman–Crippen MR) is 81.4 cm³/mol. The first-order chi connectivity index (χ1) is 9.74. The van der Waals surface area contributed by atoms with Gasteiger partial charge in [-0.1, -0.05) is 23.7 Å². The zero-order valence-electron chi connectivity index (χ0n) is 12.2. The van der Waals surface area contributed by atoms with Gasteiger partial charge in [-0.05, 0) is 24.6 Å². The van der Waals surface area contributed by atoms with E-state index >= 15 is 0 Å². The topological polar surface area (TPSA) is 39.7 Å². The van der Waals surface area contributed by atoms with Crippen LogP contribution in [0.3, 0.4) is 0 Å². The molecule has 0 radical (unpaired) electrons. The zero-order valence-corrected chi connectivity index (χ0v) is 13.0. The minimum absolute atomic E-state index is 0.286. The molecule has 1 unspecified atom stereocenters. The third-order valence-electron chi connectivity index (χ3n) is 2.87. The number of benzene rings is 1. The molecule has 0 saturated carbocycles. The van der Waals surface area contributed by atoms with E-state index in [-0.39, 0.29) is 6.04 Å². The molecule has 0 amide bonds. The van der Waals surface area contributed by atoms with Gasteiger partial charge in [-0.3, -0.25) is 0 Å². The lowest BCUT2D eigenvalue weighted by Gasteiger charge is -2.14. The first kappa shape index (κ1) is 17.4. The van der Waals surface area contributed by atoms with E-state index in [1.165, 1.54) is 5.56 Å². The van der Waals surface area contributed by atoms with E-state index in [2.05, 4.69) is 12.2 Å². The fraction of sp³-hybridized carbons (Fsp3) is 0.600. The highest BCUT2D eigenvalue weighted by Crippen LogP contribution is 2.15. The van der Waals surface area contributed by atoms with Crippen molar-refractivity contribution in [3.63, 3.8) is 0 Å². The van der Waals surface area contributed by atoms with E-state index in [9.17, 15) is 0 Å². The van der Waals surface area contributed by atoms with Gasteiger partial charge in [0.25, 0.3) is 0 Å². The Morgan fingerprint density at radius 3 is 2.25 bits per heavy atom. The Morgan fingerprint density at radius 1 is 1.00 bits per heavy atom. The second-order valence-electron chi connectivity index (χ2n) is 4.44. The monoisotopic (exact) mass is 301 g/mol. The summed E-state index contributed by atoms with van der Waals surface area (Å²) in [6.45, 7) is 6.06. The molecule has 1 aromatic carbocycles. The van der Waals surface area contributed by atoms with Gasteiger partial charge in [-0.2, -0.15) is 0 Å². The molecule has 1 rings (SSSR count). The lowest BCUT2D eigenvalue weighted by atomic mass is 10.1. The Hall–Kier alpha value is -0.650. The van der Waals surface area contributed by atoms with Crippen LogP contribution in [0, 0.1) is 0 Å². The Kier molecular flexibility index (Phi) is 9.62. The third kappa shape index (κ3) is 7.82. The molecule has 0 fully saturated rings. The average Bonchev–Trinajstić information content (AvgIpc) is 2.46. The van der Waals surface area contributed by atoms with E-state index in [1.54, 1.807) is 7.11 Å². The molecule has 4 nitrogen and oxygen atoms in total. The molecule has 1 N–H and O–H groups in total. The number of hydrogen-bond donors (Lipinski definition) is 1. The third-order valence-corrected chi connectivity index (χ3v) is 3.12. The van der Waals surface area contributed by atoms with Crippen molar-refractivity contribution in [2.75, 3.05) is 46.7 Å². The molecular weight excluding hydrogens is 278 g/mol. The molecule has 0 saturated heterocycles. The van der Waals surface area contributed by atoms with Gasteiger partial charge in [-0.25, -0.2) is 0 Å². The maximum absolute atomic E-state index is 5.86. The number of nitrogens with one attached hydrogen (secondary N) is 1. The van der Waals surface area contributed by atoms with Crippen LogP contribution in [0.2, 0.25) is 5.02 Å². The highest BCUT2D eigenvalue weighted by atomic mass is 35.5. The minimum atomic E-state index is 0.286. The quantitative estimate of drug-likeness (QED) is 0.638. The highest BCUT2D eigenvalue weighted by molar-refractivity contribution is 6.30. The molecule has 1 aromatic rings. The van der Waals surface area contributed by atoms with Crippen LogP contribution >= 0.6 is 11.6 Å². The van der Waals surface area contributed by atoms with Crippen molar-refractivity contribution in [3.05, 3.63) is 34.9 Å². The summed E-state index contributed by atoms with van der Waals surface area (Å²) in [4.78, 5) is 0. The highest BCUT2D eigenvalue weighted by Gasteiger charge is 2.03. The number of methoxy groups -OCH3 is 1. The average molecular weight is 302 g/mol. The summed E-state index contributed by atoms with van der Waals surface area (Å²) in [5, 5.41) is 4.16. The van der Waals surface area contributed by atoms with Crippen molar-refractivity contribution in [2.24, 2.45) is 0 Å². The van der Waals surface area contributed by atoms with Crippen molar-refractivity contribution in [2.45, 2.75) is 13.0 Å². The molecule has 0 aromatic heterocycles. The van der Waals surface area contributed by atoms with Gasteiger partial charge >= 0.3 is 0 Å². The van der Waals surface area contributed by atoms with Gasteiger partial charge in [0.1, 0.15) is 0 Å². The van der Waals surface area contributed by atoms with E-state index in [4.69, 9.17) is 25.8 Å². The van der Waals surface area contributed by atoms with Crippen LogP contribution in [0.25, 0.3) is 0 Å². The fourth-order valence-corrected chi connectivity index (χ4v) is 1.81. The van der Waals surface area contributed by atoms with E-state index in [0.29, 0.717) is 33.0 Å². The molecule has 0 aliphatic heterocycles. The van der Waals surface area contributed by atoms with Crippen molar-refractivity contribution >= 4 is 11.6 Å². The van der Waals surface area contributed by atoms with E-state index in [1.807, 2.05) is 24.3 Å². The standard InChI is InChI=1S/C15H24ClNO3/c1-13(14-3-5-15(16)6-4-14)17-7-8-19-11-12-20-10-9-18-2/h3-6,13,17H,7-12H2,1-2H3. The van der Waals surface area contributed by atoms with Gasteiger partial charge in [0.2, 0.25) is 0 Å². The summed E-state index contributed by atoms with van der Waals surface area (Å²) < 4.78 is 15.6. The first-order valence-corrected chi connectivity index (χ1v) is 7.25. The van der Waals surface area contributed by atoms with Gasteiger partial charge in [0.15, 0.2) is 0 Å². The largest absolute Gasteiger partial charge is 0.382 e. The zero-order chi connectivity index (χ0) is 14.6. The summed E-state index contributed by atoms with van der Waals surface area (Å²) in [6, 6.07) is 8.16. The number of hydrogen-bond acceptors (Lipinski definition) is 4. The molecule has 0 spiro atoms. The van der Waals surface area contributed by atoms with Crippen LogP contribution in [-0.2, 0) is 14.2 Å². The smallest absolute Gasteiger partial charge is 0.0701 e. The molecule has 20 heavy (non-hydrogen) atoms. The Morgan fingerprint density at radius 2 is 1.60 bits per heavy atom. The summed E-state index contributed by atoms with van der Waals surface area (Å²) in [6.07, 6.45) is 0. The summed E-state index contributed by atoms with van der Waals surface area (Å²) in [7, 11) is 1.66. The van der Waals surface area contributed by atoms with Crippen LogP contribution < -0.4 is 5.32 Å². The molecule has 0 heterocycles. The summed E-state index contributed by atoms with van der Waals surface area (Å²) in [5.74, 6) is 0. The molecule has 0 aliphatic rings. The minimum Gasteiger partial charge on any atom is -0.382 e. The van der Waals surface area contributed by atoms with E-state index in [0.717, 1.165) is 11.6 Å². The second kappa shape index (κ2) is 11.1. The van der Waals surface area contributed by atoms with E-state index < -0.39 is 0 Å². The van der Waals surface area contributed by atoms with Gasteiger partial charge in [-0.15, -0.1) is 0 Å². The molecule has 114 valence electrons. The van der Waals surface area contributed by atoms with Crippen LogP contribution in [0.5, 0.6) is 0 Å². The van der Waals surface area contributed by atoms with Crippen LogP contribution in [0.1, 0.15) is 18.5 Å². The van der Waals surface area contributed by atoms with Crippen LogP contribution in [0.15, 0.2) is 24.3 Å². The van der Waals surface area contributed by atoms with Gasteiger partial charge in [0.05, 0.1) is 33.0 Å². The normalized spacial score (nSPS) is 12.6. The van der Waals surface area contributed by atoms with Crippen molar-refractivity contribution in [1.82, 2.24) is 5.32 Å². The maximum atomic E-state index is 5.86. The maximum Gasteiger partial charge on any atom is 0.0701 e. The van der Waals surface area contributed by atoms with Gasteiger partial charge in [0, 0.05) is 24.7 Å². The summed E-state index contributed by atoms with van der Waals surface area (Å²) >= 11 is 5.86. The fourth-order valence-electron chi connectivity index (χ4n) is 1.68. The number of rotatable bonds is 11. The molecule has 0 aliphatic carbocycles. The van der Waals surface area contributed by atoms with Crippen LogP contribution in [0.4, 0.5) is 0 Å². The predicted octanol–water partition coefficient (Wildman–Crippen LogP) is 2.67. The molecule has 5 heteroatoms. The Bertz CT molecular complexity index is 345. The second-order valence-corrected chi connectivity index (χ2v) is 4.88. The Balaban J connectivity index is 1.99. The van der Waals surface area contributed by atoms with Crippen molar-refractivity contribution in [3.8, 4) is 0 Å². The summed E-state index contributed by atoms with van der Waals surface area (Å²) in [5.41, 5.74) is 1.22. The number of ether oxygens (including phenoxy) is 3. The number of halogens is 1. The van der Waals surface area contributed by atoms with Gasteiger partial charge < -0.3 is 19.5 Å². The first-order valence-electron chi connectivity index (χ1n) is 6.87. The molecular formula is C15H24ClNO3. The molecule has 1 atom stereocenters.